The van der Waals surface area contributed by atoms with Crippen molar-refractivity contribution in [3.05, 3.63) is 83.4 Å². The highest BCUT2D eigenvalue weighted by Crippen LogP contribution is 2.53. The molecule has 2 aliphatic carbocycles. The van der Waals surface area contributed by atoms with E-state index in [1.165, 1.54) is 11.3 Å². The summed E-state index contributed by atoms with van der Waals surface area (Å²) in [6.45, 7) is 4.39. The van der Waals surface area contributed by atoms with Crippen molar-refractivity contribution in [3.63, 3.8) is 0 Å². The molecular weight excluding hydrogens is 424 g/mol. The average Bonchev–Trinajstić information content (AvgIpc) is 3.27. The maximum Gasteiger partial charge on any atom is 0.165 e. The topological polar surface area (TPSA) is 75.3 Å². The lowest BCUT2D eigenvalue weighted by molar-refractivity contribution is -0.124. The standard InChI is InChI=1S/C29H32N2O3/c1-19-24-13-14-25-27(29(24,2)17-22(18-33)26(19)34)30-28(21-10-4-3-5-11-21)31(25)23-12-6-8-20(16-23)9-7-15-32/h3-6,8,10-12,16,18-19,24,32-33H,7,9,13-15,17H2,1-2H3/b22-18-/t19-,24?,29-/m0/s1. The maximum atomic E-state index is 12.8. The van der Waals surface area contributed by atoms with E-state index in [1.54, 1.807) is 0 Å². The normalized spacial score (nSPS) is 25.3. The second kappa shape index (κ2) is 8.88. The summed E-state index contributed by atoms with van der Waals surface area (Å²) >= 11 is 0. The van der Waals surface area contributed by atoms with Gasteiger partial charge in [-0.2, -0.15) is 0 Å². The number of rotatable bonds is 5. The molecule has 1 heterocycles. The summed E-state index contributed by atoms with van der Waals surface area (Å²) in [6.07, 6.45) is 4.84. The maximum absolute atomic E-state index is 12.8. The van der Waals surface area contributed by atoms with Gasteiger partial charge in [0.1, 0.15) is 5.82 Å². The number of nitrogens with zero attached hydrogens (tertiary/aromatic N) is 2. The second-order valence-corrected chi connectivity index (χ2v) is 9.98. The zero-order valence-electron chi connectivity index (χ0n) is 19.9. The van der Waals surface area contributed by atoms with Crippen molar-refractivity contribution in [2.24, 2.45) is 11.8 Å². The summed E-state index contributed by atoms with van der Waals surface area (Å²) in [4.78, 5) is 18.1. The number of ketones is 1. The Kier molecular flexibility index (Phi) is 5.90. The lowest BCUT2D eigenvalue weighted by atomic mass is 9.56. The summed E-state index contributed by atoms with van der Waals surface area (Å²) in [5.41, 5.74) is 5.73. The van der Waals surface area contributed by atoms with Crippen LogP contribution >= 0.6 is 0 Å². The molecule has 3 atom stereocenters. The van der Waals surface area contributed by atoms with Gasteiger partial charge < -0.3 is 10.2 Å². The summed E-state index contributed by atoms with van der Waals surface area (Å²) in [6, 6.07) is 18.8. The summed E-state index contributed by atoms with van der Waals surface area (Å²) < 4.78 is 2.29. The van der Waals surface area contributed by atoms with Crippen LogP contribution in [0.1, 0.15) is 50.1 Å². The fourth-order valence-corrected chi connectivity index (χ4v) is 6.21. The molecule has 2 aromatic carbocycles. The van der Waals surface area contributed by atoms with E-state index in [-0.39, 0.29) is 29.6 Å². The van der Waals surface area contributed by atoms with E-state index < -0.39 is 0 Å². The van der Waals surface area contributed by atoms with Crippen LogP contribution in [0.2, 0.25) is 0 Å². The number of carbonyl (C=O) groups is 1. The van der Waals surface area contributed by atoms with E-state index in [2.05, 4.69) is 47.9 Å². The number of carbonyl (C=O) groups excluding carboxylic acids is 1. The fourth-order valence-electron chi connectivity index (χ4n) is 6.21. The minimum absolute atomic E-state index is 0.0627. The first-order valence-electron chi connectivity index (χ1n) is 12.2. The number of hydrogen-bond acceptors (Lipinski definition) is 4. The van der Waals surface area contributed by atoms with Gasteiger partial charge in [0.05, 0.1) is 12.0 Å². The number of imidazole rings is 1. The number of benzene rings is 2. The molecule has 0 saturated heterocycles. The third-order valence-corrected chi connectivity index (χ3v) is 7.90. The molecule has 0 amide bonds. The van der Waals surface area contributed by atoms with Crippen molar-refractivity contribution in [2.45, 2.75) is 51.4 Å². The van der Waals surface area contributed by atoms with Gasteiger partial charge in [0.15, 0.2) is 5.78 Å². The molecule has 2 N–H and O–H groups in total. The van der Waals surface area contributed by atoms with Crippen molar-refractivity contribution >= 4 is 5.78 Å². The predicted octanol–water partition coefficient (Wildman–Crippen LogP) is 5.34. The average molecular weight is 457 g/mol. The van der Waals surface area contributed by atoms with Crippen LogP contribution < -0.4 is 0 Å². The van der Waals surface area contributed by atoms with Crippen molar-refractivity contribution in [2.75, 3.05) is 6.61 Å². The van der Waals surface area contributed by atoms with Crippen LogP contribution in [0.3, 0.4) is 0 Å². The van der Waals surface area contributed by atoms with Crippen LogP contribution in [0.4, 0.5) is 0 Å². The van der Waals surface area contributed by atoms with Gasteiger partial charge >= 0.3 is 0 Å². The zero-order valence-corrected chi connectivity index (χ0v) is 19.9. The molecule has 0 aliphatic heterocycles. The molecule has 2 aliphatic rings. The summed E-state index contributed by atoms with van der Waals surface area (Å²) in [7, 11) is 0. The van der Waals surface area contributed by atoms with E-state index in [4.69, 9.17) is 4.98 Å². The largest absolute Gasteiger partial charge is 0.515 e. The highest BCUT2D eigenvalue weighted by molar-refractivity contribution is 5.98. The van der Waals surface area contributed by atoms with E-state index in [0.717, 1.165) is 54.7 Å². The smallest absolute Gasteiger partial charge is 0.165 e. The lowest BCUT2D eigenvalue weighted by Crippen LogP contribution is -2.48. The lowest BCUT2D eigenvalue weighted by Gasteiger charge is -2.47. The fraction of sp³-hybridized carbons (Fsp3) is 0.379. The molecule has 0 radical (unpaired) electrons. The van der Waals surface area contributed by atoms with Gasteiger partial charge in [0.2, 0.25) is 0 Å². The Hall–Kier alpha value is -3.18. The van der Waals surface area contributed by atoms with Crippen molar-refractivity contribution in [1.29, 1.82) is 0 Å². The Labute approximate surface area is 200 Å². The summed E-state index contributed by atoms with van der Waals surface area (Å²) in [5, 5.41) is 19.1. The Morgan fingerprint density at radius 3 is 2.71 bits per heavy atom. The Morgan fingerprint density at radius 1 is 1.18 bits per heavy atom. The van der Waals surface area contributed by atoms with E-state index in [1.807, 2.05) is 25.1 Å². The van der Waals surface area contributed by atoms with Gasteiger partial charge in [-0.25, -0.2) is 4.98 Å². The highest BCUT2D eigenvalue weighted by Gasteiger charge is 2.52. The summed E-state index contributed by atoms with van der Waals surface area (Å²) in [5.74, 6) is 1.02. The van der Waals surface area contributed by atoms with Crippen LogP contribution in [-0.4, -0.2) is 32.2 Å². The minimum atomic E-state index is -0.321. The van der Waals surface area contributed by atoms with Gasteiger partial charge in [-0.05, 0) is 55.7 Å². The third-order valence-electron chi connectivity index (χ3n) is 7.90. The minimum Gasteiger partial charge on any atom is -0.515 e. The number of Topliss-reactive ketones (excluding diaryl/α,β-unsaturated/α-hetero) is 1. The van der Waals surface area contributed by atoms with Gasteiger partial charge in [-0.3, -0.25) is 9.36 Å². The van der Waals surface area contributed by atoms with Gasteiger partial charge in [-0.15, -0.1) is 0 Å². The number of hydrogen-bond donors (Lipinski definition) is 2. The molecule has 1 aromatic heterocycles. The molecule has 0 spiro atoms. The van der Waals surface area contributed by atoms with Crippen LogP contribution in [0.15, 0.2) is 66.4 Å². The third kappa shape index (κ3) is 3.59. The quantitative estimate of drug-likeness (QED) is 0.402. The second-order valence-electron chi connectivity index (χ2n) is 9.98. The monoisotopic (exact) mass is 456 g/mol. The molecular formula is C29H32N2O3. The molecule has 5 rings (SSSR count). The first-order valence-corrected chi connectivity index (χ1v) is 12.2. The first kappa shape index (κ1) is 22.6. The SMILES string of the molecule is C[C@@H]1C(=O)/C(=C\O)C[C@]2(C)c3nc(-c4ccccc4)n(-c4cccc(CCCO)c4)c3CCC12. The number of aryl methyl sites for hydroxylation is 1. The zero-order chi connectivity index (χ0) is 23.9. The predicted molar refractivity (Wildman–Crippen MR) is 133 cm³/mol. The van der Waals surface area contributed by atoms with Crippen LogP contribution in [0, 0.1) is 11.8 Å². The molecule has 176 valence electrons. The molecule has 5 nitrogen and oxygen atoms in total. The van der Waals surface area contributed by atoms with Gasteiger partial charge in [-0.1, -0.05) is 56.3 Å². The van der Waals surface area contributed by atoms with E-state index in [0.29, 0.717) is 12.0 Å². The van der Waals surface area contributed by atoms with Crippen LogP contribution in [0.5, 0.6) is 0 Å². The van der Waals surface area contributed by atoms with E-state index >= 15 is 0 Å². The molecule has 1 unspecified atom stereocenters. The molecule has 1 fully saturated rings. The molecule has 3 aromatic rings. The van der Waals surface area contributed by atoms with Crippen molar-refractivity contribution < 1.29 is 15.0 Å². The first-order chi connectivity index (χ1) is 16.5. The Balaban J connectivity index is 1.71. The number of aliphatic hydroxyl groups excluding tert-OH is 2. The molecule has 0 bridgehead atoms. The van der Waals surface area contributed by atoms with Crippen LogP contribution in [-0.2, 0) is 23.1 Å². The Morgan fingerprint density at radius 2 is 1.97 bits per heavy atom. The molecule has 34 heavy (non-hydrogen) atoms. The van der Waals surface area contributed by atoms with Gasteiger partial charge in [0, 0.05) is 40.5 Å². The van der Waals surface area contributed by atoms with Crippen LogP contribution in [0.25, 0.3) is 17.1 Å². The van der Waals surface area contributed by atoms with Crippen molar-refractivity contribution in [3.8, 4) is 17.1 Å². The Bertz CT molecular complexity index is 1240. The van der Waals surface area contributed by atoms with Crippen molar-refractivity contribution in [1.82, 2.24) is 9.55 Å². The number of fused-ring (bicyclic) bond motifs is 3. The highest BCUT2D eigenvalue weighted by atomic mass is 16.3. The number of allylic oxidation sites excluding steroid dienone is 1. The number of aromatic nitrogens is 2. The molecule has 1 saturated carbocycles. The number of aliphatic hydroxyl groups is 2. The van der Waals surface area contributed by atoms with Gasteiger partial charge in [0.25, 0.3) is 0 Å². The molecule has 5 heteroatoms. The van der Waals surface area contributed by atoms with E-state index in [9.17, 15) is 15.0 Å².